The number of benzene rings is 1. The van der Waals surface area contributed by atoms with E-state index in [2.05, 4.69) is 5.43 Å². The minimum atomic E-state index is -0.433. The highest BCUT2D eigenvalue weighted by Crippen LogP contribution is 2.48. The molecule has 1 fully saturated rings. The van der Waals surface area contributed by atoms with Gasteiger partial charge in [-0.3, -0.25) is 10.2 Å². The maximum Gasteiger partial charge on any atom is 0.244 e. The van der Waals surface area contributed by atoms with Crippen LogP contribution in [0.25, 0.3) is 0 Å². The predicted molar refractivity (Wildman–Crippen MR) is 59.1 cm³/mol. The zero-order chi connectivity index (χ0) is 11.8. The molecule has 1 aromatic rings. The van der Waals surface area contributed by atoms with Crippen LogP contribution in [0.3, 0.4) is 0 Å². The molecule has 16 heavy (non-hydrogen) atoms. The fourth-order valence-electron chi connectivity index (χ4n) is 1.85. The molecule has 0 radical (unpaired) electrons. The van der Waals surface area contributed by atoms with Crippen molar-refractivity contribution in [3.63, 3.8) is 0 Å². The molecule has 0 saturated heterocycles. The second kappa shape index (κ2) is 3.87. The van der Waals surface area contributed by atoms with Crippen molar-refractivity contribution in [2.75, 3.05) is 14.1 Å². The van der Waals surface area contributed by atoms with Gasteiger partial charge in [-0.25, -0.2) is 9.40 Å². The number of carbonyl (C=O) groups excluding carboxylic acids is 1. The van der Waals surface area contributed by atoms with E-state index in [1.807, 2.05) is 0 Å². The molecule has 1 N–H and O–H groups in total. The Balaban J connectivity index is 2.19. The van der Waals surface area contributed by atoms with E-state index in [-0.39, 0.29) is 11.7 Å². The first-order valence-electron chi connectivity index (χ1n) is 5.29. The molecular weight excluding hydrogens is 207 g/mol. The minimum Gasteiger partial charge on any atom is -0.289 e. The van der Waals surface area contributed by atoms with Crippen LogP contribution in [0.15, 0.2) is 24.3 Å². The first-order chi connectivity index (χ1) is 7.54. The van der Waals surface area contributed by atoms with Gasteiger partial charge in [-0.05, 0) is 30.5 Å². The summed E-state index contributed by atoms with van der Waals surface area (Å²) in [5.41, 5.74) is 3.22. The second-order valence-electron chi connectivity index (χ2n) is 4.42. The lowest BCUT2D eigenvalue weighted by Gasteiger charge is -2.19. The van der Waals surface area contributed by atoms with Crippen LogP contribution in [0.2, 0.25) is 0 Å². The Morgan fingerprint density at radius 2 is 1.88 bits per heavy atom. The van der Waals surface area contributed by atoms with Gasteiger partial charge in [0.05, 0.1) is 5.41 Å². The summed E-state index contributed by atoms with van der Waals surface area (Å²) in [7, 11) is 3.55. The molecule has 0 unspecified atom stereocenters. The summed E-state index contributed by atoms with van der Waals surface area (Å²) >= 11 is 0. The molecule has 4 heteroatoms. The van der Waals surface area contributed by atoms with Gasteiger partial charge in [0.25, 0.3) is 0 Å². The van der Waals surface area contributed by atoms with E-state index in [0.29, 0.717) is 0 Å². The van der Waals surface area contributed by atoms with Gasteiger partial charge in [0.1, 0.15) is 5.82 Å². The van der Waals surface area contributed by atoms with Crippen LogP contribution in [0, 0.1) is 5.82 Å². The monoisotopic (exact) mass is 222 g/mol. The molecule has 86 valence electrons. The maximum absolute atomic E-state index is 12.8. The summed E-state index contributed by atoms with van der Waals surface area (Å²) in [5, 5.41) is 1.63. The Labute approximate surface area is 94.2 Å². The number of rotatable bonds is 3. The molecule has 0 bridgehead atoms. The minimum absolute atomic E-state index is 0.0101. The molecular formula is C12H15FN2O. The number of nitrogens with one attached hydrogen (secondary N) is 1. The van der Waals surface area contributed by atoms with E-state index in [1.165, 1.54) is 12.1 Å². The van der Waals surface area contributed by atoms with Crippen LogP contribution < -0.4 is 5.43 Å². The number of halogens is 1. The zero-order valence-corrected chi connectivity index (χ0v) is 9.46. The van der Waals surface area contributed by atoms with Crippen molar-refractivity contribution in [2.24, 2.45) is 0 Å². The van der Waals surface area contributed by atoms with Crippen LogP contribution >= 0.6 is 0 Å². The summed E-state index contributed by atoms with van der Waals surface area (Å²) < 4.78 is 12.8. The summed E-state index contributed by atoms with van der Waals surface area (Å²) in [6, 6.07) is 6.19. The van der Waals surface area contributed by atoms with E-state index in [0.717, 1.165) is 18.4 Å². The Bertz CT molecular complexity index is 396. The summed E-state index contributed by atoms with van der Waals surface area (Å²) in [4.78, 5) is 12.0. The van der Waals surface area contributed by atoms with Gasteiger partial charge in [0.2, 0.25) is 5.91 Å². The van der Waals surface area contributed by atoms with Gasteiger partial charge in [-0.2, -0.15) is 0 Å². The second-order valence-corrected chi connectivity index (χ2v) is 4.42. The first kappa shape index (κ1) is 11.1. The molecule has 0 atom stereocenters. The number of nitrogens with zero attached hydrogens (tertiary/aromatic N) is 1. The molecule has 1 saturated carbocycles. The topological polar surface area (TPSA) is 32.3 Å². The zero-order valence-electron chi connectivity index (χ0n) is 9.46. The molecule has 2 rings (SSSR count). The predicted octanol–water partition coefficient (Wildman–Crippen LogP) is 1.45. The number of amides is 1. The highest BCUT2D eigenvalue weighted by atomic mass is 19.1. The van der Waals surface area contributed by atoms with E-state index < -0.39 is 5.41 Å². The lowest BCUT2D eigenvalue weighted by atomic mass is 9.95. The molecule has 1 aromatic carbocycles. The Morgan fingerprint density at radius 1 is 1.31 bits per heavy atom. The quantitative estimate of drug-likeness (QED) is 0.785. The van der Waals surface area contributed by atoms with Crippen molar-refractivity contribution in [1.29, 1.82) is 0 Å². The molecule has 0 aliphatic heterocycles. The standard InChI is InChI=1S/C12H15FN2O/c1-15(2)14-11(16)12(7-8-12)9-3-5-10(13)6-4-9/h3-6H,7-8H2,1-2H3,(H,14,16). The van der Waals surface area contributed by atoms with E-state index in [9.17, 15) is 9.18 Å². The summed E-state index contributed by atoms with van der Waals surface area (Å²) in [6.07, 6.45) is 1.66. The molecule has 3 nitrogen and oxygen atoms in total. The average molecular weight is 222 g/mol. The third-order valence-corrected chi connectivity index (χ3v) is 2.91. The van der Waals surface area contributed by atoms with E-state index in [4.69, 9.17) is 0 Å². The molecule has 0 spiro atoms. The number of hydrogen-bond acceptors (Lipinski definition) is 2. The third-order valence-electron chi connectivity index (χ3n) is 2.91. The fraction of sp³-hybridized carbons (Fsp3) is 0.417. The van der Waals surface area contributed by atoms with Gasteiger partial charge in [-0.1, -0.05) is 12.1 Å². The van der Waals surface area contributed by atoms with Gasteiger partial charge >= 0.3 is 0 Å². The fourth-order valence-corrected chi connectivity index (χ4v) is 1.85. The average Bonchev–Trinajstić information content (AvgIpc) is 2.98. The lowest BCUT2D eigenvalue weighted by Crippen LogP contribution is -2.42. The van der Waals surface area contributed by atoms with Gasteiger partial charge < -0.3 is 0 Å². The lowest BCUT2D eigenvalue weighted by molar-refractivity contribution is -0.127. The van der Waals surface area contributed by atoms with Crippen LogP contribution in [0.5, 0.6) is 0 Å². The SMILES string of the molecule is CN(C)NC(=O)C1(c2ccc(F)cc2)CC1. The van der Waals surface area contributed by atoms with Crippen LogP contribution in [-0.4, -0.2) is 25.0 Å². The van der Waals surface area contributed by atoms with Crippen molar-refractivity contribution >= 4 is 5.91 Å². The molecule has 1 aliphatic carbocycles. The molecule has 1 amide bonds. The Kier molecular flexibility index (Phi) is 2.68. The van der Waals surface area contributed by atoms with Gasteiger partial charge in [0.15, 0.2) is 0 Å². The maximum atomic E-state index is 12.8. The molecule has 1 aliphatic rings. The Hall–Kier alpha value is -1.42. The van der Waals surface area contributed by atoms with Crippen LogP contribution in [0.4, 0.5) is 4.39 Å². The van der Waals surface area contributed by atoms with Crippen molar-refractivity contribution < 1.29 is 9.18 Å². The summed E-state index contributed by atoms with van der Waals surface area (Å²) in [6.45, 7) is 0. The molecule has 0 heterocycles. The first-order valence-corrected chi connectivity index (χ1v) is 5.29. The molecule has 0 aromatic heterocycles. The normalized spacial score (nSPS) is 17.2. The van der Waals surface area contributed by atoms with Crippen molar-refractivity contribution in [1.82, 2.24) is 10.4 Å². The van der Waals surface area contributed by atoms with Crippen molar-refractivity contribution in [2.45, 2.75) is 18.3 Å². The number of carbonyl (C=O) groups is 1. The highest BCUT2D eigenvalue weighted by molar-refractivity contribution is 5.90. The van der Waals surface area contributed by atoms with Crippen LogP contribution in [-0.2, 0) is 10.2 Å². The number of hydrazine groups is 1. The third kappa shape index (κ3) is 1.93. The summed E-state index contributed by atoms with van der Waals surface area (Å²) in [5.74, 6) is -0.281. The van der Waals surface area contributed by atoms with Gasteiger partial charge in [0, 0.05) is 14.1 Å². The van der Waals surface area contributed by atoms with E-state index >= 15 is 0 Å². The Morgan fingerprint density at radius 3 is 2.31 bits per heavy atom. The van der Waals surface area contributed by atoms with Crippen molar-refractivity contribution in [3.8, 4) is 0 Å². The largest absolute Gasteiger partial charge is 0.289 e. The van der Waals surface area contributed by atoms with Gasteiger partial charge in [-0.15, -0.1) is 0 Å². The van der Waals surface area contributed by atoms with E-state index in [1.54, 1.807) is 31.2 Å². The number of hydrogen-bond donors (Lipinski definition) is 1. The smallest absolute Gasteiger partial charge is 0.244 e. The van der Waals surface area contributed by atoms with Crippen LogP contribution in [0.1, 0.15) is 18.4 Å². The van der Waals surface area contributed by atoms with Crippen molar-refractivity contribution in [3.05, 3.63) is 35.6 Å². The highest BCUT2D eigenvalue weighted by Gasteiger charge is 2.51.